The van der Waals surface area contributed by atoms with Crippen LogP contribution >= 0.6 is 27.5 Å². The van der Waals surface area contributed by atoms with E-state index >= 15 is 0 Å². The number of carbonyl (C=O) groups excluding carboxylic acids is 2. The molecular formula is C29H33BrClN3O4S. The average molecular weight is 635 g/mol. The van der Waals surface area contributed by atoms with Gasteiger partial charge in [-0.2, -0.15) is 0 Å². The molecule has 7 nitrogen and oxygen atoms in total. The van der Waals surface area contributed by atoms with Crippen molar-refractivity contribution in [3.05, 3.63) is 93.4 Å². The predicted octanol–water partition coefficient (Wildman–Crippen LogP) is 5.94. The number of anilines is 1. The van der Waals surface area contributed by atoms with Gasteiger partial charge in [0.15, 0.2) is 0 Å². The lowest BCUT2D eigenvalue weighted by molar-refractivity contribution is -0.140. The first-order valence-electron chi connectivity index (χ1n) is 12.7. The number of benzene rings is 3. The Bertz CT molecular complexity index is 1380. The quantitative estimate of drug-likeness (QED) is 0.267. The maximum atomic E-state index is 14.0. The van der Waals surface area contributed by atoms with Gasteiger partial charge in [-0.25, -0.2) is 8.42 Å². The van der Waals surface area contributed by atoms with Crippen LogP contribution in [-0.4, -0.2) is 44.3 Å². The van der Waals surface area contributed by atoms with Crippen LogP contribution < -0.4 is 9.62 Å². The third-order valence-corrected chi connectivity index (χ3v) is 8.92. The molecule has 3 aromatic rings. The van der Waals surface area contributed by atoms with Gasteiger partial charge in [-0.05, 0) is 67.8 Å². The lowest BCUT2D eigenvalue weighted by Gasteiger charge is -2.33. The predicted molar refractivity (Wildman–Crippen MR) is 159 cm³/mol. The number of rotatable bonds is 12. The maximum absolute atomic E-state index is 14.0. The van der Waals surface area contributed by atoms with Crippen LogP contribution in [0.2, 0.25) is 5.02 Å². The molecule has 10 heteroatoms. The molecule has 0 saturated heterocycles. The van der Waals surface area contributed by atoms with Crippen LogP contribution in [0.3, 0.4) is 0 Å². The summed E-state index contributed by atoms with van der Waals surface area (Å²) in [6.45, 7) is 5.65. The molecule has 0 bridgehead atoms. The molecule has 0 aliphatic rings. The fourth-order valence-corrected chi connectivity index (χ4v) is 5.94. The summed E-state index contributed by atoms with van der Waals surface area (Å²) in [5.41, 5.74) is 1.90. The Morgan fingerprint density at radius 2 is 1.62 bits per heavy atom. The summed E-state index contributed by atoms with van der Waals surface area (Å²) < 4.78 is 29.6. The van der Waals surface area contributed by atoms with E-state index in [2.05, 4.69) is 21.2 Å². The average Bonchev–Trinajstić information content (AvgIpc) is 2.92. The fourth-order valence-electron chi connectivity index (χ4n) is 4.07. The Morgan fingerprint density at radius 3 is 2.21 bits per heavy atom. The fraction of sp³-hybridized carbons (Fsp3) is 0.310. The van der Waals surface area contributed by atoms with Gasteiger partial charge in [0.05, 0.1) is 10.6 Å². The zero-order chi connectivity index (χ0) is 28.6. The largest absolute Gasteiger partial charge is 0.354 e. The molecule has 208 valence electrons. The van der Waals surface area contributed by atoms with E-state index in [1.165, 1.54) is 17.0 Å². The number of nitrogens with zero attached hydrogens (tertiary/aromatic N) is 2. The van der Waals surface area contributed by atoms with Gasteiger partial charge in [0.25, 0.3) is 10.0 Å². The van der Waals surface area contributed by atoms with Crippen molar-refractivity contribution in [3.8, 4) is 0 Å². The minimum Gasteiger partial charge on any atom is -0.354 e. The topological polar surface area (TPSA) is 86.8 Å². The van der Waals surface area contributed by atoms with Crippen molar-refractivity contribution >= 4 is 55.1 Å². The first-order chi connectivity index (χ1) is 18.6. The van der Waals surface area contributed by atoms with Crippen LogP contribution in [0, 0.1) is 6.92 Å². The lowest BCUT2D eigenvalue weighted by atomic mass is 10.1. The lowest BCUT2D eigenvalue weighted by Crippen LogP contribution is -2.52. The van der Waals surface area contributed by atoms with Crippen LogP contribution in [0.1, 0.15) is 37.8 Å². The van der Waals surface area contributed by atoms with E-state index in [0.717, 1.165) is 20.8 Å². The molecule has 2 amide bonds. The van der Waals surface area contributed by atoms with Crippen molar-refractivity contribution in [2.75, 3.05) is 17.4 Å². The molecule has 0 fully saturated rings. The Kier molecular flexibility index (Phi) is 11.0. The molecule has 0 radical (unpaired) electrons. The van der Waals surface area contributed by atoms with Gasteiger partial charge in [-0.1, -0.05) is 77.3 Å². The molecule has 0 spiro atoms. The number of carbonyl (C=O) groups is 2. The second kappa shape index (κ2) is 14.0. The number of aryl methyl sites for hydroxylation is 1. The Labute approximate surface area is 244 Å². The van der Waals surface area contributed by atoms with Crippen LogP contribution in [0.5, 0.6) is 0 Å². The van der Waals surface area contributed by atoms with Crippen LogP contribution in [0.15, 0.2) is 82.2 Å². The summed E-state index contributed by atoms with van der Waals surface area (Å²) in [5.74, 6) is -0.816. The molecule has 0 saturated carbocycles. The molecule has 0 aromatic heterocycles. The molecule has 3 rings (SSSR count). The molecule has 0 heterocycles. The second-order valence-electron chi connectivity index (χ2n) is 9.13. The van der Waals surface area contributed by atoms with Crippen molar-refractivity contribution < 1.29 is 18.0 Å². The number of hydrogen-bond acceptors (Lipinski definition) is 4. The van der Waals surface area contributed by atoms with E-state index in [9.17, 15) is 18.0 Å². The molecule has 0 aliphatic carbocycles. The van der Waals surface area contributed by atoms with Crippen molar-refractivity contribution in [2.45, 2.75) is 51.1 Å². The number of nitrogens with one attached hydrogen (secondary N) is 1. The zero-order valence-electron chi connectivity index (χ0n) is 22.2. The molecular weight excluding hydrogens is 602 g/mol. The summed E-state index contributed by atoms with van der Waals surface area (Å²) in [6, 6.07) is 19.4. The highest BCUT2D eigenvalue weighted by molar-refractivity contribution is 9.10. The smallest absolute Gasteiger partial charge is 0.264 e. The zero-order valence-corrected chi connectivity index (χ0v) is 25.4. The Morgan fingerprint density at radius 1 is 0.974 bits per heavy atom. The van der Waals surface area contributed by atoms with Crippen LogP contribution in [0.25, 0.3) is 0 Å². The summed E-state index contributed by atoms with van der Waals surface area (Å²) in [6.07, 6.45) is 1.08. The second-order valence-corrected chi connectivity index (χ2v) is 12.3. The van der Waals surface area contributed by atoms with Crippen LogP contribution in [0.4, 0.5) is 5.69 Å². The van der Waals surface area contributed by atoms with Crippen molar-refractivity contribution in [1.82, 2.24) is 10.2 Å². The molecule has 3 aromatic carbocycles. The van der Waals surface area contributed by atoms with Gasteiger partial charge in [0.2, 0.25) is 11.8 Å². The monoisotopic (exact) mass is 633 g/mol. The highest BCUT2D eigenvalue weighted by Crippen LogP contribution is 2.27. The van der Waals surface area contributed by atoms with Crippen molar-refractivity contribution in [3.63, 3.8) is 0 Å². The third kappa shape index (κ3) is 7.84. The van der Waals surface area contributed by atoms with Crippen molar-refractivity contribution in [1.29, 1.82) is 0 Å². The summed E-state index contributed by atoms with van der Waals surface area (Å²) in [7, 11) is -4.12. The van der Waals surface area contributed by atoms with E-state index in [-0.39, 0.29) is 17.3 Å². The molecule has 1 atom stereocenters. The number of halogens is 2. The third-order valence-electron chi connectivity index (χ3n) is 6.24. The van der Waals surface area contributed by atoms with E-state index < -0.39 is 28.5 Å². The Hall–Kier alpha value is -2.88. The van der Waals surface area contributed by atoms with Crippen molar-refractivity contribution in [2.24, 2.45) is 0 Å². The number of sulfonamides is 1. The normalized spacial score (nSPS) is 12.0. The van der Waals surface area contributed by atoms with E-state index in [0.29, 0.717) is 29.2 Å². The van der Waals surface area contributed by atoms with E-state index in [1.807, 2.05) is 20.8 Å². The van der Waals surface area contributed by atoms with Gasteiger partial charge >= 0.3 is 0 Å². The molecule has 1 N–H and O–H groups in total. The number of hydrogen-bond donors (Lipinski definition) is 1. The Balaban J connectivity index is 2.05. The molecule has 0 aliphatic heterocycles. The van der Waals surface area contributed by atoms with Gasteiger partial charge in [0.1, 0.15) is 12.6 Å². The van der Waals surface area contributed by atoms with E-state index in [4.69, 9.17) is 11.6 Å². The van der Waals surface area contributed by atoms with Gasteiger partial charge in [-0.15, -0.1) is 0 Å². The van der Waals surface area contributed by atoms with E-state index in [1.54, 1.807) is 60.7 Å². The maximum Gasteiger partial charge on any atom is 0.264 e. The standard InChI is InChI=1S/C29H33BrClN3O4S/c1-4-18-32-29(36)27(5-2)33(19-22-8-6-7-9-26(22)31)28(35)20-34(24-14-12-23(30)13-15-24)39(37,38)25-16-10-21(3)11-17-25/h6-17,27H,4-5,18-20H2,1-3H3,(H,32,36). The van der Waals surface area contributed by atoms with Gasteiger partial charge in [0, 0.05) is 22.6 Å². The highest BCUT2D eigenvalue weighted by Gasteiger charge is 2.33. The SMILES string of the molecule is CCCNC(=O)C(CC)N(Cc1ccccc1Cl)C(=O)CN(c1ccc(Br)cc1)S(=O)(=O)c1ccc(C)cc1. The first kappa shape index (κ1) is 30.7. The molecule has 39 heavy (non-hydrogen) atoms. The summed E-state index contributed by atoms with van der Waals surface area (Å²) in [4.78, 5) is 28.6. The summed E-state index contributed by atoms with van der Waals surface area (Å²) in [5, 5.41) is 3.32. The van der Waals surface area contributed by atoms with Gasteiger partial charge in [-0.3, -0.25) is 13.9 Å². The minimum atomic E-state index is -4.12. The van der Waals surface area contributed by atoms with Gasteiger partial charge < -0.3 is 10.2 Å². The number of amides is 2. The molecule has 1 unspecified atom stereocenters. The first-order valence-corrected chi connectivity index (χ1v) is 15.3. The summed E-state index contributed by atoms with van der Waals surface area (Å²) >= 11 is 9.80. The minimum absolute atomic E-state index is 0.0509. The highest BCUT2D eigenvalue weighted by atomic mass is 79.9. The van der Waals surface area contributed by atoms with Crippen LogP contribution in [-0.2, 0) is 26.2 Å².